The second-order valence-corrected chi connectivity index (χ2v) is 6.49. The van der Waals surface area contributed by atoms with E-state index in [2.05, 4.69) is 9.98 Å². The fourth-order valence-corrected chi connectivity index (χ4v) is 2.95. The van der Waals surface area contributed by atoms with E-state index in [9.17, 15) is 10.1 Å². The van der Waals surface area contributed by atoms with Gasteiger partial charge in [-0.3, -0.25) is 15.1 Å². The van der Waals surface area contributed by atoms with Gasteiger partial charge < -0.3 is 4.42 Å². The molecule has 6 heteroatoms. The zero-order valence-electron chi connectivity index (χ0n) is 15.6. The molecule has 0 saturated carbocycles. The number of fused-ring (bicyclic) bond motifs is 1. The molecule has 0 atom stereocenters. The highest BCUT2D eigenvalue weighted by atomic mass is 16.6. The van der Waals surface area contributed by atoms with Gasteiger partial charge in [0.2, 0.25) is 5.89 Å². The molecule has 6 nitrogen and oxygen atoms in total. The summed E-state index contributed by atoms with van der Waals surface area (Å²) >= 11 is 0. The summed E-state index contributed by atoms with van der Waals surface area (Å²) < 4.78 is 5.87. The molecule has 0 aliphatic rings. The minimum Gasteiger partial charge on any atom is -0.436 e. The minimum atomic E-state index is -0.401. The van der Waals surface area contributed by atoms with E-state index >= 15 is 0 Å². The number of allylic oxidation sites excluding steroid dienone is 1. The van der Waals surface area contributed by atoms with Crippen LogP contribution in [-0.4, -0.2) is 16.1 Å². The van der Waals surface area contributed by atoms with Crippen molar-refractivity contribution in [1.29, 1.82) is 0 Å². The van der Waals surface area contributed by atoms with Crippen LogP contribution in [0.4, 0.5) is 11.4 Å². The molecule has 0 bridgehead atoms. The molecule has 0 fully saturated rings. The number of aromatic nitrogens is 1. The Bertz CT molecular complexity index is 1260. The Balaban J connectivity index is 1.55. The molecule has 29 heavy (non-hydrogen) atoms. The molecule has 3 aromatic carbocycles. The average molecular weight is 383 g/mol. The number of nitro benzene ring substituents is 1. The van der Waals surface area contributed by atoms with Gasteiger partial charge in [0.15, 0.2) is 5.58 Å². The van der Waals surface area contributed by atoms with Gasteiger partial charge in [-0.2, -0.15) is 0 Å². The Morgan fingerprint density at radius 3 is 2.79 bits per heavy atom. The van der Waals surface area contributed by atoms with Gasteiger partial charge in [0.05, 0.1) is 16.2 Å². The van der Waals surface area contributed by atoms with Crippen LogP contribution in [0.1, 0.15) is 11.1 Å². The zero-order valence-corrected chi connectivity index (χ0v) is 15.6. The Kier molecular flexibility index (Phi) is 4.99. The van der Waals surface area contributed by atoms with E-state index in [1.807, 2.05) is 49.4 Å². The highest BCUT2D eigenvalue weighted by molar-refractivity contribution is 5.82. The van der Waals surface area contributed by atoms with E-state index in [4.69, 9.17) is 4.42 Å². The fraction of sp³-hybridized carbons (Fsp3) is 0.0435. The summed E-state index contributed by atoms with van der Waals surface area (Å²) in [4.78, 5) is 19.6. The highest BCUT2D eigenvalue weighted by Crippen LogP contribution is 2.27. The number of aliphatic imine (C=N–C) groups is 1. The van der Waals surface area contributed by atoms with E-state index in [1.54, 1.807) is 36.6 Å². The van der Waals surface area contributed by atoms with Crippen molar-refractivity contribution >= 4 is 34.8 Å². The lowest BCUT2D eigenvalue weighted by atomic mass is 10.1. The van der Waals surface area contributed by atoms with Gasteiger partial charge in [-0.1, -0.05) is 24.3 Å². The molecule has 142 valence electrons. The van der Waals surface area contributed by atoms with Gasteiger partial charge in [0.25, 0.3) is 5.69 Å². The van der Waals surface area contributed by atoms with Crippen LogP contribution in [-0.2, 0) is 0 Å². The molecular formula is C23H17N3O3. The molecule has 1 aromatic heterocycles. The standard InChI is InChI=1S/C23H17N3O3/c1-16-11-12-20-22(14-16)29-23(25-20)18-7-4-9-19(15-18)24-13-5-8-17-6-2-3-10-21(17)26(27)28/h2-15H,1H3. The van der Waals surface area contributed by atoms with Gasteiger partial charge >= 0.3 is 0 Å². The SMILES string of the molecule is Cc1ccc2nc(-c3cccc(N=CC=Cc4ccccc4[N+](=O)[O-])c3)oc2c1. The number of nitro groups is 1. The predicted molar refractivity (Wildman–Crippen MR) is 114 cm³/mol. The maximum Gasteiger partial charge on any atom is 0.276 e. The van der Waals surface area contributed by atoms with Crippen LogP contribution in [0.15, 0.2) is 82.2 Å². The third-order valence-corrected chi connectivity index (χ3v) is 4.36. The van der Waals surface area contributed by atoms with Crippen molar-refractivity contribution in [2.45, 2.75) is 6.92 Å². The summed E-state index contributed by atoms with van der Waals surface area (Å²) in [5.41, 5.74) is 4.83. The summed E-state index contributed by atoms with van der Waals surface area (Å²) in [6, 6.07) is 20.0. The molecule has 4 rings (SSSR count). The number of benzene rings is 3. The Hall–Kier alpha value is -4.06. The third kappa shape index (κ3) is 4.11. The second-order valence-electron chi connectivity index (χ2n) is 6.49. The lowest BCUT2D eigenvalue weighted by Gasteiger charge is -1.97. The van der Waals surface area contributed by atoms with Crippen molar-refractivity contribution < 1.29 is 9.34 Å². The maximum absolute atomic E-state index is 11.1. The van der Waals surface area contributed by atoms with Gasteiger partial charge in [0.1, 0.15) is 5.52 Å². The first-order valence-corrected chi connectivity index (χ1v) is 9.02. The van der Waals surface area contributed by atoms with Crippen molar-refractivity contribution in [3.8, 4) is 11.5 Å². The summed E-state index contributed by atoms with van der Waals surface area (Å²) in [6.07, 6.45) is 4.94. The molecule has 0 unspecified atom stereocenters. The number of nitrogens with zero attached hydrogens (tertiary/aromatic N) is 3. The number of hydrogen-bond acceptors (Lipinski definition) is 5. The maximum atomic E-state index is 11.1. The molecule has 0 N–H and O–H groups in total. The number of rotatable bonds is 5. The summed E-state index contributed by atoms with van der Waals surface area (Å²) in [6.45, 7) is 2.01. The normalized spacial score (nSPS) is 11.6. The van der Waals surface area contributed by atoms with Crippen LogP contribution < -0.4 is 0 Å². The first-order valence-electron chi connectivity index (χ1n) is 9.02. The topological polar surface area (TPSA) is 81.5 Å². The number of para-hydroxylation sites is 1. The molecule has 0 amide bonds. The van der Waals surface area contributed by atoms with Crippen molar-refractivity contribution in [3.63, 3.8) is 0 Å². The molecule has 1 heterocycles. The van der Waals surface area contributed by atoms with Crippen LogP contribution in [0.3, 0.4) is 0 Å². The molecule has 0 aliphatic carbocycles. The number of aryl methyl sites for hydroxylation is 1. The van der Waals surface area contributed by atoms with Crippen LogP contribution in [0.25, 0.3) is 28.6 Å². The van der Waals surface area contributed by atoms with Crippen LogP contribution in [0.5, 0.6) is 0 Å². The van der Waals surface area contributed by atoms with Crippen molar-refractivity contribution in [2.24, 2.45) is 4.99 Å². The van der Waals surface area contributed by atoms with Crippen molar-refractivity contribution in [3.05, 3.63) is 94.0 Å². The van der Waals surface area contributed by atoms with Gasteiger partial charge in [-0.15, -0.1) is 0 Å². The quantitative estimate of drug-likeness (QED) is 0.236. The van der Waals surface area contributed by atoms with E-state index in [1.165, 1.54) is 6.07 Å². The van der Waals surface area contributed by atoms with Gasteiger partial charge in [-0.05, 0) is 61.0 Å². The van der Waals surface area contributed by atoms with Crippen molar-refractivity contribution in [1.82, 2.24) is 4.98 Å². The fourth-order valence-electron chi connectivity index (χ4n) is 2.95. The van der Waals surface area contributed by atoms with E-state index < -0.39 is 4.92 Å². The molecule has 0 aliphatic heterocycles. The third-order valence-electron chi connectivity index (χ3n) is 4.36. The van der Waals surface area contributed by atoms with E-state index in [0.29, 0.717) is 11.5 Å². The van der Waals surface area contributed by atoms with Gasteiger partial charge in [-0.25, -0.2) is 4.98 Å². The molecule has 0 spiro atoms. The second kappa shape index (κ2) is 7.90. The number of hydrogen-bond donors (Lipinski definition) is 0. The summed E-state index contributed by atoms with van der Waals surface area (Å²) in [5.74, 6) is 0.540. The van der Waals surface area contributed by atoms with E-state index in [-0.39, 0.29) is 5.69 Å². The average Bonchev–Trinajstić information content (AvgIpc) is 3.15. The Morgan fingerprint density at radius 1 is 1.07 bits per heavy atom. The molecule has 0 radical (unpaired) electrons. The summed E-state index contributed by atoms with van der Waals surface area (Å²) in [7, 11) is 0. The first kappa shape index (κ1) is 18.3. The Morgan fingerprint density at radius 2 is 1.93 bits per heavy atom. The zero-order chi connectivity index (χ0) is 20.2. The Labute approximate surface area is 167 Å². The monoisotopic (exact) mass is 383 g/mol. The highest BCUT2D eigenvalue weighted by Gasteiger charge is 2.09. The number of oxazole rings is 1. The predicted octanol–water partition coefficient (Wildman–Crippen LogP) is 6.13. The van der Waals surface area contributed by atoms with Crippen LogP contribution >= 0.6 is 0 Å². The van der Waals surface area contributed by atoms with Crippen molar-refractivity contribution in [2.75, 3.05) is 0 Å². The lowest BCUT2D eigenvalue weighted by Crippen LogP contribution is -1.90. The minimum absolute atomic E-state index is 0.0605. The first-order chi connectivity index (χ1) is 14.1. The van der Waals surface area contributed by atoms with Crippen LogP contribution in [0, 0.1) is 17.0 Å². The largest absolute Gasteiger partial charge is 0.436 e. The molecule has 0 saturated heterocycles. The molecular weight excluding hydrogens is 366 g/mol. The summed E-state index contributed by atoms with van der Waals surface area (Å²) in [5, 5.41) is 11.1. The molecule has 4 aromatic rings. The van der Waals surface area contributed by atoms with E-state index in [0.717, 1.165) is 27.9 Å². The smallest absolute Gasteiger partial charge is 0.276 e. The van der Waals surface area contributed by atoms with Crippen LogP contribution in [0.2, 0.25) is 0 Å². The lowest BCUT2D eigenvalue weighted by molar-refractivity contribution is -0.385. The van der Waals surface area contributed by atoms with Gasteiger partial charge in [0, 0.05) is 17.8 Å².